The summed E-state index contributed by atoms with van der Waals surface area (Å²) in [5, 5.41) is 9.51. The van der Waals surface area contributed by atoms with Crippen LogP contribution in [0.2, 0.25) is 0 Å². The lowest BCUT2D eigenvalue weighted by molar-refractivity contribution is 0.0555. The summed E-state index contributed by atoms with van der Waals surface area (Å²) in [5.41, 5.74) is 3.74. The molecule has 0 saturated carbocycles. The number of aliphatic hydroxyl groups is 1. The minimum atomic E-state index is 0.252. The number of hydrogen-bond donors (Lipinski definition) is 2. The van der Waals surface area contributed by atoms with Gasteiger partial charge >= 0.3 is 0 Å². The zero-order valence-electron chi connectivity index (χ0n) is 16.1. The van der Waals surface area contributed by atoms with Gasteiger partial charge in [-0.2, -0.15) is 0 Å². The van der Waals surface area contributed by atoms with Gasteiger partial charge in [0, 0.05) is 57.5 Å². The predicted molar refractivity (Wildman–Crippen MR) is 105 cm³/mol. The summed E-state index contributed by atoms with van der Waals surface area (Å²) in [6, 6.07) is 11.1. The van der Waals surface area contributed by atoms with E-state index in [1.807, 2.05) is 0 Å². The second-order valence-corrected chi connectivity index (χ2v) is 7.28. The molecule has 1 fully saturated rings. The maximum Gasteiger partial charge on any atom is 0.106 e. The lowest BCUT2D eigenvalue weighted by Crippen LogP contribution is -2.53. The van der Waals surface area contributed by atoms with E-state index in [4.69, 9.17) is 4.98 Å². The van der Waals surface area contributed by atoms with Gasteiger partial charge in [0.1, 0.15) is 5.82 Å². The van der Waals surface area contributed by atoms with Crippen LogP contribution < -0.4 is 0 Å². The number of imidazole rings is 1. The first-order chi connectivity index (χ1) is 12.7. The number of aromatic amines is 1. The molecule has 1 aromatic carbocycles. The van der Waals surface area contributed by atoms with Crippen LogP contribution in [0.4, 0.5) is 0 Å². The van der Waals surface area contributed by atoms with Gasteiger partial charge in [0.25, 0.3) is 0 Å². The number of piperazine rings is 1. The third-order valence-electron chi connectivity index (χ3n) is 5.42. The molecule has 5 nitrogen and oxygen atoms in total. The Morgan fingerprint density at radius 2 is 2.04 bits per heavy atom. The van der Waals surface area contributed by atoms with Crippen LogP contribution in [0.3, 0.4) is 0 Å². The van der Waals surface area contributed by atoms with Crippen LogP contribution in [-0.2, 0) is 19.4 Å². The number of nitrogens with zero attached hydrogens (tertiary/aromatic N) is 3. The van der Waals surface area contributed by atoms with Crippen molar-refractivity contribution in [1.82, 2.24) is 19.8 Å². The highest BCUT2D eigenvalue weighted by Crippen LogP contribution is 2.17. The minimum absolute atomic E-state index is 0.252. The second-order valence-electron chi connectivity index (χ2n) is 7.28. The Morgan fingerprint density at radius 1 is 1.23 bits per heavy atom. The molecule has 2 aromatic rings. The second kappa shape index (κ2) is 9.31. The molecule has 1 aliphatic rings. The summed E-state index contributed by atoms with van der Waals surface area (Å²) < 4.78 is 0. The third kappa shape index (κ3) is 4.93. The molecule has 0 amide bonds. The average Bonchev–Trinajstić information content (AvgIpc) is 3.02. The van der Waals surface area contributed by atoms with Crippen LogP contribution in [0.5, 0.6) is 0 Å². The normalized spacial score (nSPS) is 19.1. The van der Waals surface area contributed by atoms with Gasteiger partial charge in [-0.3, -0.25) is 9.80 Å². The van der Waals surface area contributed by atoms with Crippen LogP contribution in [0, 0.1) is 6.92 Å². The number of aryl methyl sites for hydroxylation is 2. The topological polar surface area (TPSA) is 55.4 Å². The van der Waals surface area contributed by atoms with E-state index in [9.17, 15) is 5.11 Å². The average molecular weight is 357 g/mol. The van der Waals surface area contributed by atoms with Crippen LogP contribution in [0.25, 0.3) is 0 Å². The largest absolute Gasteiger partial charge is 0.396 e. The van der Waals surface area contributed by atoms with Crippen LogP contribution in [0.15, 0.2) is 30.3 Å². The maximum absolute atomic E-state index is 9.51. The fourth-order valence-corrected chi connectivity index (χ4v) is 3.83. The maximum atomic E-state index is 9.51. The summed E-state index contributed by atoms with van der Waals surface area (Å²) >= 11 is 0. The highest BCUT2D eigenvalue weighted by Gasteiger charge is 2.27. The molecule has 2 heterocycles. The number of benzene rings is 1. The predicted octanol–water partition coefficient (Wildman–Crippen LogP) is 2.39. The SMILES string of the molecule is CCc1nc(CN2CCN(CCc3ccccc3)C(CCO)C2)c(C)[nH]1. The lowest BCUT2D eigenvalue weighted by Gasteiger charge is -2.41. The zero-order chi connectivity index (χ0) is 18.4. The van der Waals surface area contributed by atoms with Gasteiger partial charge in [-0.05, 0) is 25.3 Å². The van der Waals surface area contributed by atoms with Crippen LogP contribution in [-0.4, -0.2) is 63.7 Å². The van der Waals surface area contributed by atoms with Gasteiger partial charge in [0.15, 0.2) is 0 Å². The Balaban J connectivity index is 1.57. The molecule has 1 aliphatic heterocycles. The number of nitrogens with one attached hydrogen (secondary N) is 1. The van der Waals surface area contributed by atoms with E-state index in [0.29, 0.717) is 6.04 Å². The molecule has 26 heavy (non-hydrogen) atoms. The van der Waals surface area contributed by atoms with E-state index in [0.717, 1.165) is 57.8 Å². The molecule has 1 saturated heterocycles. The molecule has 3 rings (SSSR count). The smallest absolute Gasteiger partial charge is 0.106 e. The molecule has 1 unspecified atom stereocenters. The quantitative estimate of drug-likeness (QED) is 0.763. The molecular formula is C21H32N4O. The molecule has 2 N–H and O–H groups in total. The first kappa shape index (κ1) is 19.1. The minimum Gasteiger partial charge on any atom is -0.396 e. The van der Waals surface area contributed by atoms with E-state index in [1.54, 1.807) is 0 Å². The van der Waals surface area contributed by atoms with Crippen molar-refractivity contribution in [3.05, 3.63) is 53.1 Å². The Morgan fingerprint density at radius 3 is 2.73 bits per heavy atom. The van der Waals surface area contributed by atoms with Gasteiger partial charge in [0.05, 0.1) is 5.69 Å². The number of H-pyrrole nitrogens is 1. The molecule has 0 spiro atoms. The Hall–Kier alpha value is -1.69. The van der Waals surface area contributed by atoms with Crippen molar-refractivity contribution in [2.45, 2.75) is 45.7 Å². The molecular weight excluding hydrogens is 324 g/mol. The number of aromatic nitrogens is 2. The number of hydrogen-bond acceptors (Lipinski definition) is 4. The van der Waals surface area contributed by atoms with Crippen molar-refractivity contribution in [1.29, 1.82) is 0 Å². The third-order valence-corrected chi connectivity index (χ3v) is 5.42. The summed E-state index contributed by atoms with van der Waals surface area (Å²) in [4.78, 5) is 13.1. The highest BCUT2D eigenvalue weighted by atomic mass is 16.3. The Labute approximate surface area is 157 Å². The first-order valence-electron chi connectivity index (χ1n) is 9.85. The molecule has 142 valence electrons. The van der Waals surface area contributed by atoms with Crippen molar-refractivity contribution < 1.29 is 5.11 Å². The van der Waals surface area contributed by atoms with Crippen LogP contribution in [0.1, 0.15) is 36.1 Å². The van der Waals surface area contributed by atoms with Gasteiger partial charge < -0.3 is 10.1 Å². The highest BCUT2D eigenvalue weighted by molar-refractivity contribution is 5.15. The van der Waals surface area contributed by atoms with Crippen molar-refractivity contribution >= 4 is 0 Å². The molecule has 1 atom stereocenters. The van der Waals surface area contributed by atoms with Crippen molar-refractivity contribution in [2.24, 2.45) is 0 Å². The fraction of sp³-hybridized carbons (Fsp3) is 0.571. The number of rotatable bonds is 8. The standard InChI is InChI=1S/C21H32N4O/c1-3-21-22-17(2)20(23-21)16-24-12-13-25(19(15-24)10-14-26)11-9-18-7-5-4-6-8-18/h4-8,19,26H,3,9-16H2,1-2H3,(H,22,23). The Bertz CT molecular complexity index is 670. The van der Waals surface area contributed by atoms with E-state index >= 15 is 0 Å². The molecule has 5 heteroatoms. The van der Waals surface area contributed by atoms with Crippen molar-refractivity contribution in [2.75, 3.05) is 32.8 Å². The van der Waals surface area contributed by atoms with E-state index in [2.05, 4.69) is 59.0 Å². The summed E-state index contributed by atoms with van der Waals surface area (Å²) in [6.07, 6.45) is 2.85. The van der Waals surface area contributed by atoms with E-state index in [1.165, 1.54) is 17.0 Å². The van der Waals surface area contributed by atoms with Gasteiger partial charge in [0.2, 0.25) is 0 Å². The van der Waals surface area contributed by atoms with E-state index in [-0.39, 0.29) is 6.61 Å². The van der Waals surface area contributed by atoms with E-state index < -0.39 is 0 Å². The van der Waals surface area contributed by atoms with Gasteiger partial charge in [-0.15, -0.1) is 0 Å². The van der Waals surface area contributed by atoms with Crippen LogP contribution >= 0.6 is 0 Å². The van der Waals surface area contributed by atoms with Gasteiger partial charge in [-0.1, -0.05) is 37.3 Å². The first-order valence-corrected chi connectivity index (χ1v) is 9.85. The molecule has 0 bridgehead atoms. The molecule has 1 aromatic heterocycles. The monoisotopic (exact) mass is 356 g/mol. The summed E-state index contributed by atoms with van der Waals surface area (Å²) in [7, 11) is 0. The number of aliphatic hydroxyl groups excluding tert-OH is 1. The Kier molecular flexibility index (Phi) is 6.83. The molecule has 0 aliphatic carbocycles. The summed E-state index contributed by atoms with van der Waals surface area (Å²) in [5.74, 6) is 1.07. The molecule has 0 radical (unpaired) electrons. The van der Waals surface area contributed by atoms with Crippen molar-refractivity contribution in [3.8, 4) is 0 Å². The lowest BCUT2D eigenvalue weighted by atomic mass is 10.1. The zero-order valence-corrected chi connectivity index (χ0v) is 16.1. The summed E-state index contributed by atoms with van der Waals surface area (Å²) in [6.45, 7) is 9.57. The van der Waals surface area contributed by atoms with Gasteiger partial charge in [-0.25, -0.2) is 4.98 Å². The van der Waals surface area contributed by atoms with Crippen molar-refractivity contribution in [3.63, 3.8) is 0 Å². The fourth-order valence-electron chi connectivity index (χ4n) is 3.83.